The molecule has 0 N–H and O–H groups in total. The Morgan fingerprint density at radius 1 is 0.239 bits per heavy atom. The van der Waals surface area contributed by atoms with Crippen molar-refractivity contribution in [2.24, 2.45) is 59.2 Å². The smallest absolute Gasteiger partial charge is 0.0892 e. The van der Waals surface area contributed by atoms with Gasteiger partial charge in [0, 0.05) is 111 Å². The van der Waals surface area contributed by atoms with Crippen molar-refractivity contribution in [2.45, 2.75) is 313 Å². The molecule has 9 saturated heterocycles. The Labute approximate surface area is 583 Å². The average Bonchev–Trinajstić information content (AvgIpc) is 1.64. The summed E-state index contributed by atoms with van der Waals surface area (Å²) in [5.41, 5.74) is 0. The first-order valence-electron chi connectivity index (χ1n) is 40.8. The van der Waals surface area contributed by atoms with Crippen molar-refractivity contribution in [2.75, 3.05) is 175 Å². The lowest BCUT2D eigenvalue weighted by atomic mass is 9.92. The molecule has 0 saturated carbocycles. The molecule has 0 spiro atoms. The molecule has 0 radical (unpaired) electrons. The van der Waals surface area contributed by atoms with Crippen molar-refractivity contribution in [3.63, 3.8) is 0 Å². The van der Waals surface area contributed by atoms with Gasteiger partial charge in [0.25, 0.3) is 0 Å². The lowest BCUT2D eigenvalue weighted by Crippen LogP contribution is -2.52. The zero-order valence-corrected chi connectivity index (χ0v) is 71.2. The summed E-state index contributed by atoms with van der Waals surface area (Å²) in [6.45, 7) is 91.3. The fourth-order valence-corrected chi connectivity index (χ4v) is 19.9. The molecule has 26 atom stereocenters. The van der Waals surface area contributed by atoms with E-state index in [0.717, 1.165) is 120 Å². The van der Waals surface area contributed by atoms with E-state index in [1.807, 2.05) is 0 Å². The summed E-state index contributed by atoms with van der Waals surface area (Å²) in [6.07, 6.45) is 11.4. The minimum Gasteiger partial charge on any atom is -0.326 e. The van der Waals surface area contributed by atoms with E-state index in [-0.39, 0.29) is 0 Å². The topological polar surface area (TPSA) is 0 Å². The van der Waals surface area contributed by atoms with Crippen LogP contribution < -0.4 is 0 Å². The molecule has 26 unspecified atom stereocenters. The third kappa shape index (κ3) is 22.8. The Balaban J connectivity index is 0.000000518. The van der Waals surface area contributed by atoms with Gasteiger partial charge in [-0.15, -0.1) is 0 Å². The van der Waals surface area contributed by atoms with Gasteiger partial charge in [0.05, 0.1) is 235 Å². The molecule has 0 aromatic rings. The minimum absolute atomic E-state index is 0.833. The molecule has 9 aliphatic rings. The van der Waals surface area contributed by atoms with Crippen LogP contribution in [-0.2, 0) is 0 Å². The maximum absolute atomic E-state index is 2.41. The van der Waals surface area contributed by atoms with Crippen molar-refractivity contribution in [1.29, 1.82) is 0 Å². The van der Waals surface area contributed by atoms with Crippen molar-refractivity contribution in [3.8, 4) is 0 Å². The van der Waals surface area contributed by atoms with Crippen LogP contribution in [0.1, 0.15) is 252 Å². The van der Waals surface area contributed by atoms with Crippen LogP contribution in [0.25, 0.3) is 0 Å². The summed E-state index contributed by atoms with van der Waals surface area (Å²) in [7, 11) is 21.5. The molecule has 9 nitrogen and oxygen atoms in total. The predicted octanol–water partition coefficient (Wildman–Crippen LogP) is 17.6. The number of quaternary nitrogens is 9. The molecule has 0 bridgehead atoms. The molecule has 9 heteroatoms. The van der Waals surface area contributed by atoms with E-state index < -0.39 is 0 Å². The Hall–Kier alpha value is -0.360. The number of likely N-dealkylation sites (tertiary alicyclic amines) is 9. The summed E-state index contributed by atoms with van der Waals surface area (Å²) in [5, 5.41) is 0. The summed E-state index contributed by atoms with van der Waals surface area (Å²) in [5.74, 6) is 9.20. The molecule has 0 aliphatic carbocycles. The number of hydrogen-bond acceptors (Lipinski definition) is 0. The van der Waals surface area contributed by atoms with E-state index in [9.17, 15) is 0 Å². The molecular formula is C83H184N9+9. The van der Waals surface area contributed by atoms with Gasteiger partial charge in [0.15, 0.2) is 0 Å². The predicted molar refractivity (Wildman–Crippen MR) is 413 cm³/mol. The van der Waals surface area contributed by atoms with Gasteiger partial charge in [-0.3, -0.25) is 0 Å². The van der Waals surface area contributed by atoms with Crippen LogP contribution in [-0.4, -0.2) is 275 Å². The van der Waals surface area contributed by atoms with Crippen LogP contribution in [0.3, 0.4) is 0 Å². The highest BCUT2D eigenvalue weighted by Gasteiger charge is 2.50. The van der Waals surface area contributed by atoms with E-state index in [4.69, 9.17) is 0 Å². The molecular weight excluding hydrogens is 1120 g/mol. The summed E-state index contributed by atoms with van der Waals surface area (Å²) in [6, 6.07) is 8.70. The maximum atomic E-state index is 2.41. The molecule has 9 heterocycles. The second-order valence-electron chi connectivity index (χ2n) is 37.5. The van der Waals surface area contributed by atoms with Crippen LogP contribution in [0.4, 0.5) is 0 Å². The van der Waals surface area contributed by atoms with Gasteiger partial charge in [-0.25, -0.2) is 0 Å². The minimum atomic E-state index is 0.833. The Morgan fingerprint density at radius 3 is 0.891 bits per heavy atom. The monoisotopic (exact) mass is 1310 g/mol. The average molecular weight is 1310 g/mol. The zero-order valence-electron chi connectivity index (χ0n) is 71.2. The van der Waals surface area contributed by atoms with Gasteiger partial charge in [-0.1, -0.05) is 69.2 Å². The molecule has 0 aromatic carbocycles. The van der Waals surface area contributed by atoms with Gasteiger partial charge in [0.1, 0.15) is 0 Å². The highest BCUT2D eigenvalue weighted by Crippen LogP contribution is 2.40. The quantitative estimate of drug-likeness (QED) is 0.202. The lowest BCUT2D eigenvalue weighted by molar-refractivity contribution is -0.941. The fraction of sp³-hybridized carbons (Fsp3) is 1.00. The van der Waals surface area contributed by atoms with Crippen molar-refractivity contribution in [3.05, 3.63) is 0 Å². The largest absolute Gasteiger partial charge is 0.326 e. The second kappa shape index (κ2) is 37.9. The first-order valence-corrected chi connectivity index (χ1v) is 40.8. The fourth-order valence-electron chi connectivity index (χ4n) is 19.9. The van der Waals surface area contributed by atoms with Crippen LogP contribution in [0.2, 0.25) is 0 Å². The van der Waals surface area contributed by atoms with Gasteiger partial charge >= 0.3 is 0 Å². The highest BCUT2D eigenvalue weighted by atomic mass is 15.4. The van der Waals surface area contributed by atoms with E-state index in [0.29, 0.717) is 0 Å². The first-order chi connectivity index (χ1) is 42.2. The van der Waals surface area contributed by atoms with Crippen LogP contribution in [0.5, 0.6) is 0 Å². The third-order valence-corrected chi connectivity index (χ3v) is 32.6. The molecule has 0 amide bonds. The molecule has 9 aliphatic heterocycles. The van der Waals surface area contributed by atoms with E-state index in [2.05, 4.69) is 264 Å². The van der Waals surface area contributed by atoms with E-state index >= 15 is 0 Å². The van der Waals surface area contributed by atoms with Gasteiger partial charge in [-0.2, -0.15) is 0 Å². The van der Waals surface area contributed by atoms with E-state index in [1.54, 1.807) is 0 Å². The number of nitrogens with zero attached hydrogens (tertiary/aromatic N) is 9. The van der Waals surface area contributed by atoms with E-state index in [1.165, 1.54) is 203 Å². The van der Waals surface area contributed by atoms with Crippen molar-refractivity contribution < 1.29 is 40.3 Å². The van der Waals surface area contributed by atoms with Crippen LogP contribution in [0.15, 0.2) is 0 Å². The Kier molecular flexibility index (Phi) is 36.9. The number of hydrogen-bond donors (Lipinski definition) is 0. The first kappa shape index (κ1) is 89.7. The normalized spacial score (nSPS) is 48.8. The summed E-state index contributed by atoms with van der Waals surface area (Å²) < 4.78 is 11.6. The van der Waals surface area contributed by atoms with Gasteiger partial charge in [0.2, 0.25) is 0 Å². The van der Waals surface area contributed by atoms with Crippen LogP contribution >= 0.6 is 0 Å². The lowest BCUT2D eigenvalue weighted by Gasteiger charge is -2.38. The molecule has 0 aromatic heterocycles. The second-order valence-corrected chi connectivity index (χ2v) is 37.5. The Morgan fingerprint density at radius 2 is 0.696 bits per heavy atom. The summed E-state index contributed by atoms with van der Waals surface area (Å²) in [4.78, 5) is 0. The standard InChI is InChI=1S/C11H24N.2C10H22N.4C9H20N.2C8H18N/c1-7-12(6)10(4)8(2)9(3)11(12)5;1-6-11(5)7-8(2)9(3)10(11)4;1-6-11(5)9(3)7-8(2)10(11)4;1-5-10(4)6-8(2)9(3)7-10;1-5-10(4)7-8(2)6-9(10)3;1-5-10(4)7-6-8(2)9(10)3;1-5-10(4)8(2)6-7-9(10)3;1-4-9(3)6-5-8(2)7-9;1-4-9(3)7-5-6-8(9)2/h8-11H,7H2,1-6H3;2*8-10H,6-7H2,1-5H3;4*8-9H,5-7H2,1-4H3;2*8H,4-7H2,1-3H3/q9*+1. The van der Waals surface area contributed by atoms with Crippen molar-refractivity contribution in [1.82, 2.24) is 0 Å². The SMILES string of the molecule is CC[N+]1(C)C(C)C(C)C(C)C1C.CC[N+]1(C)C(C)CC(C)C1C.CC[N+]1(C)C(C)CCC1C.CC[N+]1(C)CC(C)C(C)C1.CC[N+]1(C)CC(C)C(C)C1C.CC[N+]1(C)CC(C)CC1C.CC[N+]1(C)CCC(C)C1.CC[N+]1(C)CCC(C)C1C.CC[N+]1(C)CCCC1C. The van der Waals surface area contributed by atoms with Gasteiger partial charge in [-0.05, 0) is 132 Å². The third-order valence-electron chi connectivity index (χ3n) is 32.6. The molecule has 9 fully saturated rings. The number of rotatable bonds is 9. The molecule has 9 rings (SSSR count). The highest BCUT2D eigenvalue weighted by molar-refractivity contribution is 4.82. The molecule has 552 valence electrons. The van der Waals surface area contributed by atoms with Crippen LogP contribution in [0, 0.1) is 59.2 Å². The zero-order chi connectivity index (χ0) is 71.7. The molecule has 92 heavy (non-hydrogen) atoms. The van der Waals surface area contributed by atoms with Gasteiger partial charge < -0.3 is 40.3 Å². The Bertz CT molecular complexity index is 1980. The van der Waals surface area contributed by atoms with Crippen molar-refractivity contribution >= 4 is 0 Å². The summed E-state index contributed by atoms with van der Waals surface area (Å²) >= 11 is 0. The maximum Gasteiger partial charge on any atom is 0.0892 e.